The molecule has 6 heteroatoms. The van der Waals surface area contributed by atoms with Crippen molar-refractivity contribution in [3.05, 3.63) is 0 Å². The molecule has 0 N–H and O–H groups in total. The van der Waals surface area contributed by atoms with E-state index in [1.807, 2.05) is 20.8 Å². The number of rotatable bonds is 2. The van der Waals surface area contributed by atoms with Crippen LogP contribution in [0.5, 0.6) is 0 Å². The predicted octanol–water partition coefficient (Wildman–Crippen LogP) is 1.84. The van der Waals surface area contributed by atoms with Gasteiger partial charge in [0.25, 0.3) is 0 Å². The molecule has 1 aliphatic heterocycles. The fraction of sp³-hybridized carbons (Fsp3) is 0.833. The van der Waals surface area contributed by atoms with Crippen molar-refractivity contribution in [2.75, 3.05) is 19.2 Å². The lowest BCUT2D eigenvalue weighted by atomic mass is 10.2. The van der Waals surface area contributed by atoms with Gasteiger partial charge in [-0.1, -0.05) is 11.6 Å². The Morgan fingerprint density at radius 2 is 1.83 bits per heavy atom. The van der Waals surface area contributed by atoms with Gasteiger partial charge in [0.15, 0.2) is 6.07 Å². The van der Waals surface area contributed by atoms with Crippen LogP contribution < -0.4 is 0 Å². The number of esters is 1. The second-order valence-electron chi connectivity index (χ2n) is 5.81. The molecule has 1 aliphatic carbocycles. The minimum atomic E-state index is -0.485. The minimum absolute atomic E-state index is 0.0811. The molecule has 5 nitrogen and oxygen atoms in total. The largest absolute Gasteiger partial charge is 0.449 e. The SMILES string of the molecule is CC(C)(C)OC(=O)N1CC2C(C1)C2C(=O)OCCl. The Bertz CT molecular complexity index is 354. The van der Waals surface area contributed by atoms with E-state index in [0.29, 0.717) is 13.1 Å². The van der Waals surface area contributed by atoms with Gasteiger partial charge in [0.1, 0.15) is 5.60 Å². The summed E-state index contributed by atoms with van der Waals surface area (Å²) in [5.41, 5.74) is -0.485. The molecule has 1 saturated heterocycles. The number of amides is 1. The van der Waals surface area contributed by atoms with E-state index in [-0.39, 0.29) is 35.9 Å². The third kappa shape index (κ3) is 2.71. The second kappa shape index (κ2) is 4.61. The normalized spacial score (nSPS) is 29.8. The highest BCUT2D eigenvalue weighted by atomic mass is 35.5. The maximum atomic E-state index is 11.8. The van der Waals surface area contributed by atoms with E-state index < -0.39 is 5.60 Å². The number of alkyl halides is 1. The molecule has 18 heavy (non-hydrogen) atoms. The molecule has 0 spiro atoms. The summed E-state index contributed by atoms with van der Waals surface area (Å²) in [4.78, 5) is 24.9. The van der Waals surface area contributed by atoms with Crippen LogP contribution in [0.4, 0.5) is 4.79 Å². The van der Waals surface area contributed by atoms with Crippen molar-refractivity contribution in [1.82, 2.24) is 4.90 Å². The lowest BCUT2D eigenvalue weighted by Gasteiger charge is -2.25. The van der Waals surface area contributed by atoms with Gasteiger partial charge < -0.3 is 14.4 Å². The topological polar surface area (TPSA) is 55.8 Å². The van der Waals surface area contributed by atoms with Gasteiger partial charge in [-0.15, -0.1) is 0 Å². The van der Waals surface area contributed by atoms with Crippen LogP contribution in [0, 0.1) is 17.8 Å². The third-order valence-electron chi connectivity index (χ3n) is 3.31. The number of hydrogen-bond donors (Lipinski definition) is 0. The molecule has 0 bridgehead atoms. The number of fused-ring (bicyclic) bond motifs is 1. The Hall–Kier alpha value is -0.970. The first-order chi connectivity index (χ1) is 8.33. The number of ether oxygens (including phenoxy) is 2. The first-order valence-electron chi connectivity index (χ1n) is 6.04. The number of likely N-dealkylation sites (tertiary alicyclic amines) is 1. The predicted molar refractivity (Wildman–Crippen MR) is 65.1 cm³/mol. The molecule has 1 saturated carbocycles. The zero-order valence-corrected chi connectivity index (χ0v) is 11.6. The summed E-state index contributed by atoms with van der Waals surface area (Å²) in [6.45, 7) is 6.65. The Balaban J connectivity index is 1.81. The van der Waals surface area contributed by atoms with E-state index in [2.05, 4.69) is 0 Å². The van der Waals surface area contributed by atoms with E-state index in [4.69, 9.17) is 21.1 Å². The molecular weight excluding hydrogens is 258 g/mol. The number of piperidine rings is 1. The highest BCUT2D eigenvalue weighted by Gasteiger charge is 2.61. The molecule has 2 atom stereocenters. The van der Waals surface area contributed by atoms with E-state index >= 15 is 0 Å². The highest BCUT2D eigenvalue weighted by Crippen LogP contribution is 2.52. The Kier molecular flexibility index (Phi) is 3.45. The van der Waals surface area contributed by atoms with Crippen molar-refractivity contribution in [2.45, 2.75) is 26.4 Å². The van der Waals surface area contributed by atoms with Gasteiger partial charge in [-0.25, -0.2) is 4.79 Å². The lowest BCUT2D eigenvalue weighted by molar-refractivity contribution is -0.144. The lowest BCUT2D eigenvalue weighted by Crippen LogP contribution is -2.37. The number of halogens is 1. The second-order valence-corrected chi connectivity index (χ2v) is 6.03. The van der Waals surface area contributed by atoms with E-state index in [9.17, 15) is 9.59 Å². The summed E-state index contributed by atoms with van der Waals surface area (Å²) < 4.78 is 10.1. The van der Waals surface area contributed by atoms with Crippen LogP contribution in [0.25, 0.3) is 0 Å². The Morgan fingerprint density at radius 1 is 1.28 bits per heavy atom. The maximum Gasteiger partial charge on any atom is 0.410 e. The Labute approximate surface area is 111 Å². The molecule has 102 valence electrons. The average Bonchev–Trinajstić information content (AvgIpc) is 2.72. The van der Waals surface area contributed by atoms with Crippen molar-refractivity contribution in [1.29, 1.82) is 0 Å². The van der Waals surface area contributed by atoms with Crippen LogP contribution in [0.2, 0.25) is 0 Å². The number of nitrogens with zero attached hydrogens (tertiary/aromatic N) is 1. The first kappa shape index (κ1) is 13.5. The van der Waals surface area contributed by atoms with E-state index in [1.54, 1.807) is 4.90 Å². The van der Waals surface area contributed by atoms with Crippen molar-refractivity contribution in [3.8, 4) is 0 Å². The molecule has 0 radical (unpaired) electrons. The average molecular weight is 276 g/mol. The molecule has 1 amide bonds. The van der Waals surface area contributed by atoms with E-state index in [0.717, 1.165) is 0 Å². The van der Waals surface area contributed by atoms with Gasteiger partial charge in [-0.3, -0.25) is 4.79 Å². The molecule has 2 aliphatic rings. The van der Waals surface area contributed by atoms with Gasteiger partial charge in [0.2, 0.25) is 0 Å². The van der Waals surface area contributed by atoms with Crippen molar-refractivity contribution in [3.63, 3.8) is 0 Å². The van der Waals surface area contributed by atoms with Gasteiger partial charge in [-0.2, -0.15) is 0 Å². The van der Waals surface area contributed by atoms with Crippen LogP contribution in [-0.2, 0) is 14.3 Å². The van der Waals surface area contributed by atoms with Crippen molar-refractivity contribution < 1.29 is 19.1 Å². The van der Waals surface area contributed by atoms with Crippen LogP contribution in [0.15, 0.2) is 0 Å². The fourth-order valence-electron chi connectivity index (χ4n) is 2.50. The van der Waals surface area contributed by atoms with Gasteiger partial charge in [0, 0.05) is 13.1 Å². The quantitative estimate of drug-likeness (QED) is 0.570. The summed E-state index contributed by atoms with van der Waals surface area (Å²) in [5.74, 6) is 0.104. The molecule has 2 unspecified atom stereocenters. The summed E-state index contributed by atoms with van der Waals surface area (Å²) in [6.07, 6.45) is -0.306. The van der Waals surface area contributed by atoms with Gasteiger partial charge in [0.05, 0.1) is 5.92 Å². The zero-order valence-electron chi connectivity index (χ0n) is 10.8. The third-order valence-corrected chi connectivity index (χ3v) is 3.42. The van der Waals surface area contributed by atoms with Crippen LogP contribution >= 0.6 is 11.6 Å². The first-order valence-corrected chi connectivity index (χ1v) is 6.57. The number of hydrogen-bond acceptors (Lipinski definition) is 4. The van der Waals surface area contributed by atoms with Gasteiger partial charge in [-0.05, 0) is 32.6 Å². The molecule has 2 fully saturated rings. The summed E-state index contributed by atoms with van der Waals surface area (Å²) in [7, 11) is 0. The fourth-order valence-corrected chi connectivity index (χ4v) is 2.61. The highest BCUT2D eigenvalue weighted by molar-refractivity contribution is 6.17. The van der Waals surface area contributed by atoms with Crippen LogP contribution in [0.1, 0.15) is 20.8 Å². The molecular formula is C12H18ClNO4. The number of carbonyl (C=O) groups excluding carboxylic acids is 2. The van der Waals surface area contributed by atoms with Crippen LogP contribution in [0.3, 0.4) is 0 Å². The zero-order chi connectivity index (χ0) is 13.5. The summed E-state index contributed by atoms with van der Waals surface area (Å²) >= 11 is 5.35. The molecule has 1 heterocycles. The molecule has 0 aromatic rings. The summed E-state index contributed by atoms with van der Waals surface area (Å²) in [6, 6.07) is -0.107. The van der Waals surface area contributed by atoms with E-state index in [1.165, 1.54) is 0 Å². The van der Waals surface area contributed by atoms with Crippen molar-refractivity contribution >= 4 is 23.7 Å². The van der Waals surface area contributed by atoms with Gasteiger partial charge >= 0.3 is 12.1 Å². The Morgan fingerprint density at radius 3 is 2.28 bits per heavy atom. The molecule has 2 rings (SSSR count). The smallest absolute Gasteiger partial charge is 0.410 e. The van der Waals surface area contributed by atoms with Crippen molar-refractivity contribution in [2.24, 2.45) is 17.8 Å². The minimum Gasteiger partial charge on any atom is -0.449 e. The summed E-state index contributed by atoms with van der Waals surface area (Å²) in [5, 5.41) is 0. The maximum absolute atomic E-state index is 11.8. The monoisotopic (exact) mass is 275 g/mol. The van der Waals surface area contributed by atoms with Crippen LogP contribution in [-0.4, -0.2) is 41.7 Å². The standard InChI is InChI=1S/C12H18ClNO4/c1-12(2,3)18-11(16)14-4-7-8(5-14)9(7)10(15)17-6-13/h7-9H,4-6H2,1-3H3. The molecule has 0 aromatic heterocycles. The molecule has 0 aromatic carbocycles. The number of carbonyl (C=O) groups is 2.